The minimum absolute atomic E-state index is 0.00161. The Morgan fingerprint density at radius 1 is 1.11 bits per heavy atom. The van der Waals surface area contributed by atoms with Crippen molar-refractivity contribution in [2.24, 2.45) is 0 Å². The highest BCUT2D eigenvalue weighted by Crippen LogP contribution is 2.52. The first-order valence-electron chi connectivity index (χ1n) is 15.0. The van der Waals surface area contributed by atoms with Crippen molar-refractivity contribution in [3.63, 3.8) is 0 Å². The largest absolute Gasteiger partial charge is 0.507 e. The molecule has 1 amide bonds. The zero-order valence-electron chi connectivity index (χ0n) is 25.2. The number of carbonyl (C=O) groups is 4. The number of aliphatic hydroxyl groups excluding tert-OH is 2. The van der Waals surface area contributed by atoms with Crippen LogP contribution >= 0.6 is 0 Å². The fraction of sp³-hybridized carbons (Fsp3) is 0.438. The van der Waals surface area contributed by atoms with Crippen molar-refractivity contribution in [3.05, 3.63) is 63.8 Å². The van der Waals surface area contributed by atoms with Gasteiger partial charge >= 0.3 is 18.1 Å². The van der Waals surface area contributed by atoms with Crippen molar-refractivity contribution in [3.8, 4) is 11.5 Å². The van der Waals surface area contributed by atoms with Crippen LogP contribution in [0.5, 0.6) is 11.5 Å². The van der Waals surface area contributed by atoms with Crippen molar-refractivity contribution in [2.45, 2.75) is 82.6 Å². The maximum Gasteiger partial charge on any atom is 0.471 e. The maximum absolute atomic E-state index is 14.5. The molecule has 3 heterocycles. The second-order valence-electron chi connectivity index (χ2n) is 12.0. The molecular weight excluding hydrogens is 629 g/mol. The number of halogens is 3. The predicted octanol–water partition coefficient (Wildman–Crippen LogP) is 2.81. The molecule has 6 rings (SSSR count). The quantitative estimate of drug-likeness (QED) is 0.254. The van der Waals surface area contributed by atoms with Gasteiger partial charge in [0.1, 0.15) is 29.3 Å². The summed E-state index contributed by atoms with van der Waals surface area (Å²) in [6.45, 7) is 2.92. The Morgan fingerprint density at radius 2 is 1.85 bits per heavy atom. The Hall–Kier alpha value is -4.47. The van der Waals surface area contributed by atoms with Crippen LogP contribution in [0.3, 0.4) is 0 Å². The van der Waals surface area contributed by atoms with E-state index in [4.69, 9.17) is 14.2 Å². The van der Waals surface area contributed by atoms with Crippen molar-refractivity contribution < 1.29 is 61.9 Å². The Morgan fingerprint density at radius 3 is 2.55 bits per heavy atom. The molecule has 3 aliphatic heterocycles. The van der Waals surface area contributed by atoms with Crippen molar-refractivity contribution in [2.75, 3.05) is 6.54 Å². The van der Waals surface area contributed by atoms with E-state index in [1.807, 2.05) is 0 Å². The molecule has 1 aliphatic carbocycles. The second kappa shape index (κ2) is 12.0. The van der Waals surface area contributed by atoms with Gasteiger partial charge in [0.15, 0.2) is 5.78 Å². The summed E-state index contributed by atoms with van der Waals surface area (Å²) >= 11 is 0. The molecule has 0 saturated carbocycles. The molecule has 4 aliphatic rings. The maximum atomic E-state index is 14.5. The number of allylic oxidation sites excluding steroid dienone is 2. The molecule has 12 nitrogen and oxygen atoms in total. The third kappa shape index (κ3) is 5.61. The molecule has 4 N–H and O–H groups in total. The number of nitrogens with one attached hydrogen (secondary N) is 1. The molecule has 0 radical (unpaired) electrons. The van der Waals surface area contributed by atoms with Crippen LogP contribution < -0.4 is 10.1 Å². The smallest absolute Gasteiger partial charge is 0.471 e. The van der Waals surface area contributed by atoms with Crippen LogP contribution in [0.25, 0.3) is 5.57 Å². The Labute approximate surface area is 265 Å². The number of phenolic OH excluding ortho intramolecular Hbond substituents is 1. The monoisotopic (exact) mass is 660 g/mol. The van der Waals surface area contributed by atoms with E-state index in [2.05, 4.69) is 0 Å². The minimum Gasteiger partial charge on any atom is -0.507 e. The summed E-state index contributed by atoms with van der Waals surface area (Å²) in [5.74, 6) is -4.54. The molecule has 2 aromatic carbocycles. The van der Waals surface area contributed by atoms with Crippen LogP contribution in [0, 0.1) is 6.92 Å². The van der Waals surface area contributed by atoms with E-state index in [1.54, 1.807) is 18.3 Å². The number of ether oxygens (including phenoxy) is 3. The van der Waals surface area contributed by atoms with Gasteiger partial charge in [-0.15, -0.1) is 0 Å². The molecule has 2 saturated heterocycles. The molecule has 2 fully saturated rings. The van der Waals surface area contributed by atoms with Gasteiger partial charge in [0, 0.05) is 29.7 Å². The summed E-state index contributed by atoms with van der Waals surface area (Å²) in [6, 6.07) is 6.26. The normalized spacial score (nSPS) is 26.7. The lowest BCUT2D eigenvalue weighted by atomic mass is 9.78. The summed E-state index contributed by atoms with van der Waals surface area (Å²) < 4.78 is 55.0. The Bertz CT molecular complexity index is 1690. The van der Waals surface area contributed by atoms with E-state index in [9.17, 15) is 47.7 Å². The first-order chi connectivity index (χ1) is 22.2. The number of hydrogen-bond acceptors (Lipinski definition) is 11. The van der Waals surface area contributed by atoms with Crippen LogP contribution in [0.15, 0.2) is 36.0 Å². The highest BCUT2D eigenvalue weighted by molar-refractivity contribution is 6.41. The van der Waals surface area contributed by atoms with E-state index in [0.29, 0.717) is 5.56 Å². The number of esters is 1. The van der Waals surface area contributed by atoms with Gasteiger partial charge in [0.25, 0.3) is 0 Å². The molecule has 15 heteroatoms. The second-order valence-corrected chi connectivity index (χ2v) is 12.0. The number of Topliss-reactive ketones (excluding diaryl/α,β-unsaturated/α-hetero) is 2. The fourth-order valence-corrected chi connectivity index (χ4v) is 6.54. The van der Waals surface area contributed by atoms with Crippen molar-refractivity contribution in [1.82, 2.24) is 10.2 Å². The molecule has 1 unspecified atom stereocenters. The number of aliphatic hydroxyl groups is 2. The topological polar surface area (TPSA) is 172 Å². The molecule has 250 valence electrons. The number of phenols is 1. The molecule has 6 atom stereocenters. The van der Waals surface area contributed by atoms with Gasteiger partial charge in [-0.1, -0.05) is 12.1 Å². The highest BCUT2D eigenvalue weighted by atomic mass is 19.4. The lowest BCUT2D eigenvalue weighted by molar-refractivity contribution is -0.216. The summed E-state index contributed by atoms with van der Waals surface area (Å²) in [5.41, 5.74) is 0.356. The van der Waals surface area contributed by atoms with E-state index < -0.39 is 66.5 Å². The van der Waals surface area contributed by atoms with Crippen LogP contribution in [-0.2, 0) is 19.1 Å². The van der Waals surface area contributed by atoms with E-state index in [-0.39, 0.29) is 77.3 Å². The number of hydrogen-bond donors (Lipinski definition) is 4. The van der Waals surface area contributed by atoms with Gasteiger partial charge in [0.2, 0.25) is 18.3 Å². The zero-order valence-corrected chi connectivity index (χ0v) is 25.2. The third-order valence-electron chi connectivity index (χ3n) is 8.71. The standard InChI is InChI=1S/C32H31F3N2O10/c1-13-10-16-22(18(38)11-13)24-25(37-17(30(43)47-29(16)37)7-3-4-9-36-31(44)32(33,34)35)28(42)23-15(27(24)41)6-5-8-20(23)46-21-12-19(39)26(40)14(2)45-21/h5-6,8,10-11,14,17,19,21,26,29,38-40H,3-4,7,9,12H2,1-2H3,(H,36,44)/t14-,17-,19-,21-,26-,29?/m0/s1. The number of alkyl halides is 3. The summed E-state index contributed by atoms with van der Waals surface area (Å²) in [7, 11) is 0. The van der Waals surface area contributed by atoms with E-state index in [1.165, 1.54) is 36.1 Å². The molecule has 0 bridgehead atoms. The van der Waals surface area contributed by atoms with Crippen LogP contribution in [0.1, 0.15) is 76.2 Å². The number of nitrogens with zero attached hydrogens (tertiary/aromatic N) is 1. The Balaban J connectivity index is 1.36. The number of amides is 1. The van der Waals surface area contributed by atoms with Crippen molar-refractivity contribution in [1.29, 1.82) is 0 Å². The van der Waals surface area contributed by atoms with Gasteiger partial charge in [0.05, 0.1) is 23.3 Å². The van der Waals surface area contributed by atoms with Crippen molar-refractivity contribution >= 4 is 29.0 Å². The number of rotatable bonds is 7. The number of fused-ring (bicyclic) bond motifs is 6. The van der Waals surface area contributed by atoms with Crippen LogP contribution in [0.2, 0.25) is 0 Å². The van der Waals surface area contributed by atoms with Gasteiger partial charge in [-0.2, -0.15) is 13.2 Å². The molecule has 47 heavy (non-hydrogen) atoms. The number of aromatic hydroxyl groups is 1. The van der Waals surface area contributed by atoms with E-state index in [0.717, 1.165) is 0 Å². The highest BCUT2D eigenvalue weighted by Gasteiger charge is 2.54. The van der Waals surface area contributed by atoms with Crippen LogP contribution in [0.4, 0.5) is 13.2 Å². The van der Waals surface area contributed by atoms with E-state index >= 15 is 0 Å². The molecular formula is C32H31F3N2O10. The third-order valence-corrected chi connectivity index (χ3v) is 8.71. The van der Waals surface area contributed by atoms with Crippen LogP contribution in [-0.4, -0.2) is 87.0 Å². The predicted molar refractivity (Wildman–Crippen MR) is 154 cm³/mol. The fourth-order valence-electron chi connectivity index (χ4n) is 6.54. The van der Waals surface area contributed by atoms with Gasteiger partial charge in [-0.3, -0.25) is 14.4 Å². The number of carbonyl (C=O) groups excluding carboxylic acids is 4. The summed E-state index contributed by atoms with van der Waals surface area (Å²) in [5, 5.41) is 33.2. The molecule has 0 spiro atoms. The molecule has 0 aromatic heterocycles. The average molecular weight is 661 g/mol. The first-order valence-corrected chi connectivity index (χ1v) is 15.0. The number of unbranched alkanes of at least 4 members (excludes halogenated alkanes) is 1. The molecule has 2 aromatic rings. The number of aryl methyl sites for hydroxylation is 1. The van der Waals surface area contributed by atoms with Gasteiger partial charge < -0.3 is 39.7 Å². The van der Waals surface area contributed by atoms with Gasteiger partial charge in [-0.05, 0) is 56.9 Å². The lowest BCUT2D eigenvalue weighted by Gasteiger charge is -2.39. The number of ketones is 2. The average Bonchev–Trinajstić information content (AvgIpc) is 3.32. The zero-order chi connectivity index (χ0) is 33.9. The van der Waals surface area contributed by atoms with Gasteiger partial charge in [-0.25, -0.2) is 4.79 Å². The first kappa shape index (κ1) is 32.5. The summed E-state index contributed by atoms with van der Waals surface area (Å²) in [6.07, 6.45) is -10.4. The SMILES string of the molecule is Cc1cc(O)c2c(c1)C1OC(=O)[C@H](CCCCNC(=O)C(F)(F)F)N1C1=C2C(=O)c2cccc(O[C@H]3C[C@H](O)[C@@H](O)[C@H](C)O3)c2C1=O. The summed E-state index contributed by atoms with van der Waals surface area (Å²) in [4.78, 5) is 54.6. The lowest BCUT2D eigenvalue weighted by Crippen LogP contribution is -2.48. The minimum atomic E-state index is -5.04. The number of benzene rings is 2. The Kier molecular flexibility index (Phi) is 8.26.